The molecule has 2 saturated carbocycles. The van der Waals surface area contributed by atoms with Gasteiger partial charge in [-0.05, 0) is 85.0 Å². The molecule has 0 aliphatic heterocycles. The Hall–Kier alpha value is -1.28. The van der Waals surface area contributed by atoms with Crippen molar-refractivity contribution in [3.8, 4) is 5.75 Å². The molecule has 0 bridgehead atoms. The summed E-state index contributed by atoms with van der Waals surface area (Å²) in [6.07, 6.45) is 10.0. The van der Waals surface area contributed by atoms with Gasteiger partial charge in [0.25, 0.3) is 0 Å². The molecule has 0 aromatic heterocycles. The number of fused-ring (bicyclic) bond motifs is 5. The molecule has 0 saturated heterocycles. The summed E-state index contributed by atoms with van der Waals surface area (Å²) < 4.78 is 11.6. The highest BCUT2D eigenvalue weighted by Gasteiger charge is 2.55. The Morgan fingerprint density at radius 3 is 2.92 bits per heavy atom. The fourth-order valence-corrected chi connectivity index (χ4v) is 6.10. The van der Waals surface area contributed by atoms with Crippen LogP contribution in [-0.2, 0) is 11.2 Å². The predicted molar refractivity (Wildman–Crippen MR) is 97.5 cm³/mol. The summed E-state index contributed by atoms with van der Waals surface area (Å²) in [5.41, 5.74) is 3.50. The van der Waals surface area contributed by atoms with Gasteiger partial charge in [-0.15, -0.1) is 6.58 Å². The summed E-state index contributed by atoms with van der Waals surface area (Å²) in [6, 6.07) is 6.76. The molecule has 3 aliphatic rings. The predicted octanol–water partition coefficient (Wildman–Crippen LogP) is 5.12. The molecule has 1 aromatic rings. The second-order valence-electron chi connectivity index (χ2n) is 8.21. The van der Waals surface area contributed by atoms with E-state index < -0.39 is 0 Å². The minimum atomic E-state index is 0.369. The van der Waals surface area contributed by atoms with Crippen LogP contribution in [0.2, 0.25) is 0 Å². The fraction of sp³-hybridized carbons (Fsp3) is 0.636. The lowest BCUT2D eigenvalue weighted by Gasteiger charge is -2.50. The van der Waals surface area contributed by atoms with Crippen LogP contribution in [0, 0.1) is 17.3 Å². The van der Waals surface area contributed by atoms with Crippen LogP contribution in [0.3, 0.4) is 0 Å². The zero-order valence-electron chi connectivity index (χ0n) is 15.1. The molecule has 0 spiro atoms. The molecule has 2 nitrogen and oxygen atoms in total. The zero-order chi connectivity index (χ0) is 16.7. The van der Waals surface area contributed by atoms with Crippen molar-refractivity contribution >= 4 is 0 Å². The lowest BCUT2D eigenvalue weighted by atomic mass is 9.55. The Kier molecular flexibility index (Phi) is 4.20. The van der Waals surface area contributed by atoms with Gasteiger partial charge in [-0.2, -0.15) is 0 Å². The number of hydrogen-bond donors (Lipinski definition) is 0. The summed E-state index contributed by atoms with van der Waals surface area (Å²) in [5, 5.41) is 0. The van der Waals surface area contributed by atoms with Crippen molar-refractivity contribution in [1.29, 1.82) is 0 Å². The highest BCUT2D eigenvalue weighted by atomic mass is 16.5. The van der Waals surface area contributed by atoms with Crippen LogP contribution < -0.4 is 4.74 Å². The van der Waals surface area contributed by atoms with E-state index >= 15 is 0 Å². The highest BCUT2D eigenvalue weighted by Crippen LogP contribution is 2.61. The van der Waals surface area contributed by atoms with E-state index in [0.717, 1.165) is 23.5 Å². The zero-order valence-corrected chi connectivity index (χ0v) is 15.1. The Bertz CT molecular complexity index is 622. The van der Waals surface area contributed by atoms with E-state index in [-0.39, 0.29) is 0 Å². The number of ether oxygens (including phenoxy) is 2. The second kappa shape index (κ2) is 6.22. The van der Waals surface area contributed by atoms with Gasteiger partial charge >= 0.3 is 0 Å². The summed E-state index contributed by atoms with van der Waals surface area (Å²) in [5.74, 6) is 3.41. The Morgan fingerprint density at radius 2 is 2.12 bits per heavy atom. The normalized spacial score (nSPS) is 37.2. The van der Waals surface area contributed by atoms with Crippen molar-refractivity contribution in [3.05, 3.63) is 42.0 Å². The van der Waals surface area contributed by atoms with Crippen molar-refractivity contribution in [2.24, 2.45) is 17.3 Å². The molecular formula is C22H30O2. The maximum absolute atomic E-state index is 6.17. The summed E-state index contributed by atoms with van der Waals surface area (Å²) in [6.45, 7) is 7.01. The molecule has 4 rings (SSSR count). The molecule has 130 valence electrons. The van der Waals surface area contributed by atoms with Crippen LogP contribution in [-0.4, -0.2) is 19.8 Å². The minimum absolute atomic E-state index is 0.369. The van der Waals surface area contributed by atoms with Crippen LogP contribution in [0.25, 0.3) is 0 Å². The smallest absolute Gasteiger partial charge is 0.119 e. The first kappa shape index (κ1) is 16.2. The van der Waals surface area contributed by atoms with Crippen LogP contribution >= 0.6 is 0 Å². The molecule has 0 unspecified atom stereocenters. The number of hydrogen-bond acceptors (Lipinski definition) is 2. The topological polar surface area (TPSA) is 18.5 Å². The summed E-state index contributed by atoms with van der Waals surface area (Å²) >= 11 is 0. The van der Waals surface area contributed by atoms with Crippen molar-refractivity contribution < 1.29 is 9.47 Å². The first-order valence-electron chi connectivity index (χ1n) is 9.56. The van der Waals surface area contributed by atoms with E-state index in [1.54, 1.807) is 12.7 Å². The lowest BCUT2D eigenvalue weighted by molar-refractivity contribution is -0.0554. The van der Waals surface area contributed by atoms with E-state index in [2.05, 4.69) is 31.7 Å². The molecule has 3 aliphatic carbocycles. The quantitative estimate of drug-likeness (QED) is 0.715. The van der Waals surface area contributed by atoms with E-state index in [4.69, 9.17) is 9.47 Å². The summed E-state index contributed by atoms with van der Waals surface area (Å²) in [4.78, 5) is 0. The molecule has 2 fully saturated rings. The monoisotopic (exact) mass is 326 g/mol. The van der Waals surface area contributed by atoms with Gasteiger partial charge in [-0.1, -0.05) is 19.1 Å². The van der Waals surface area contributed by atoms with E-state index in [1.807, 2.05) is 6.08 Å². The highest BCUT2D eigenvalue weighted by molar-refractivity contribution is 5.40. The Labute approximate surface area is 146 Å². The van der Waals surface area contributed by atoms with Gasteiger partial charge in [-0.3, -0.25) is 0 Å². The Morgan fingerprint density at radius 1 is 1.25 bits per heavy atom. The van der Waals surface area contributed by atoms with Gasteiger partial charge < -0.3 is 9.47 Å². The fourth-order valence-electron chi connectivity index (χ4n) is 6.10. The van der Waals surface area contributed by atoms with Crippen LogP contribution in [0.5, 0.6) is 5.75 Å². The first-order valence-corrected chi connectivity index (χ1v) is 9.56. The standard InChI is InChI=1S/C22H30O2/c1-4-13-24-21-10-9-20-19-7-5-15-14-16(23-3)6-8-17(15)18(19)11-12-22(20,21)2/h4,6,8,14,18-21H,1,5,7,9-13H2,2-3H3/t18-,19-,20+,21+,22+/m1/s1. The molecule has 0 radical (unpaired) electrons. The van der Waals surface area contributed by atoms with E-state index in [0.29, 0.717) is 18.1 Å². The minimum Gasteiger partial charge on any atom is -0.497 e. The average Bonchev–Trinajstić information content (AvgIpc) is 2.95. The van der Waals surface area contributed by atoms with E-state index in [1.165, 1.54) is 44.1 Å². The third-order valence-electron chi connectivity index (χ3n) is 7.26. The number of rotatable bonds is 4. The van der Waals surface area contributed by atoms with Crippen molar-refractivity contribution in [2.45, 2.75) is 57.5 Å². The third kappa shape index (κ3) is 2.42. The van der Waals surface area contributed by atoms with E-state index in [9.17, 15) is 0 Å². The maximum Gasteiger partial charge on any atom is 0.119 e. The molecule has 1 aromatic carbocycles. The van der Waals surface area contributed by atoms with Crippen molar-refractivity contribution in [1.82, 2.24) is 0 Å². The molecule has 0 amide bonds. The molecular weight excluding hydrogens is 296 g/mol. The van der Waals surface area contributed by atoms with Gasteiger partial charge in [0.1, 0.15) is 5.75 Å². The number of aryl methyl sites for hydroxylation is 1. The van der Waals surface area contributed by atoms with Crippen LogP contribution in [0.4, 0.5) is 0 Å². The second-order valence-corrected chi connectivity index (χ2v) is 8.21. The molecule has 0 N–H and O–H groups in total. The van der Waals surface area contributed by atoms with Gasteiger partial charge in [0.05, 0.1) is 19.8 Å². The average molecular weight is 326 g/mol. The maximum atomic E-state index is 6.17. The summed E-state index contributed by atoms with van der Waals surface area (Å²) in [7, 11) is 1.77. The van der Waals surface area contributed by atoms with Gasteiger partial charge in [-0.25, -0.2) is 0 Å². The molecule has 5 atom stereocenters. The molecule has 2 heteroatoms. The van der Waals surface area contributed by atoms with Crippen LogP contribution in [0.1, 0.15) is 56.1 Å². The lowest BCUT2D eigenvalue weighted by Crippen LogP contribution is -2.44. The molecule has 24 heavy (non-hydrogen) atoms. The van der Waals surface area contributed by atoms with Gasteiger partial charge in [0, 0.05) is 0 Å². The van der Waals surface area contributed by atoms with Crippen molar-refractivity contribution in [3.63, 3.8) is 0 Å². The Balaban J connectivity index is 1.59. The number of methoxy groups -OCH3 is 1. The number of benzene rings is 1. The third-order valence-corrected chi connectivity index (χ3v) is 7.26. The first-order chi connectivity index (χ1) is 11.7. The largest absolute Gasteiger partial charge is 0.497 e. The van der Waals surface area contributed by atoms with Gasteiger partial charge in [0.2, 0.25) is 0 Å². The molecule has 0 heterocycles. The SMILES string of the molecule is C=CCO[C@H]1CC[C@H]2[C@@H]3CCc4cc(OC)ccc4[C@H]3CC[C@]12C. The van der Waals surface area contributed by atoms with Gasteiger partial charge in [0.15, 0.2) is 0 Å². The van der Waals surface area contributed by atoms with Crippen molar-refractivity contribution in [2.75, 3.05) is 13.7 Å². The van der Waals surface area contributed by atoms with Crippen LogP contribution in [0.15, 0.2) is 30.9 Å².